The minimum absolute atomic E-state index is 0.575. The molecule has 0 N–H and O–H groups in total. The Labute approximate surface area is 98.5 Å². The maximum Gasteiger partial charge on any atom is 0.232 e. The molecule has 2 nitrogen and oxygen atoms in total. The lowest BCUT2D eigenvalue weighted by Crippen LogP contribution is -2.11. The first-order valence-electron chi connectivity index (χ1n) is 5.93. The molecular formula is C13H21O2P. The van der Waals surface area contributed by atoms with Crippen LogP contribution in [0.5, 0.6) is 0 Å². The molecule has 0 fully saturated rings. The van der Waals surface area contributed by atoms with E-state index in [4.69, 9.17) is 4.52 Å². The van der Waals surface area contributed by atoms with Crippen LogP contribution in [0.1, 0.15) is 32.3 Å². The fraction of sp³-hybridized carbons (Fsp3) is 0.538. The van der Waals surface area contributed by atoms with Gasteiger partial charge in [0.25, 0.3) is 0 Å². The molecule has 0 spiro atoms. The van der Waals surface area contributed by atoms with E-state index < -0.39 is 7.37 Å². The van der Waals surface area contributed by atoms with Crippen molar-refractivity contribution in [2.45, 2.75) is 33.6 Å². The zero-order valence-corrected chi connectivity index (χ0v) is 11.3. The molecule has 0 radical (unpaired) electrons. The van der Waals surface area contributed by atoms with Crippen molar-refractivity contribution in [2.24, 2.45) is 0 Å². The molecule has 0 aliphatic heterocycles. The lowest BCUT2D eigenvalue weighted by atomic mass is 10.2. The van der Waals surface area contributed by atoms with Crippen molar-refractivity contribution >= 4 is 12.7 Å². The summed E-state index contributed by atoms with van der Waals surface area (Å²) in [5, 5.41) is 0.864. The summed E-state index contributed by atoms with van der Waals surface area (Å²) in [5.41, 5.74) is 1.13. The van der Waals surface area contributed by atoms with Gasteiger partial charge in [-0.2, -0.15) is 0 Å². The molecule has 1 aromatic rings. The maximum atomic E-state index is 12.7. The summed E-state index contributed by atoms with van der Waals surface area (Å²) in [7, 11) is -2.62. The van der Waals surface area contributed by atoms with Gasteiger partial charge in [0, 0.05) is 11.5 Å². The average molecular weight is 240 g/mol. The largest absolute Gasteiger partial charge is 0.325 e. The highest BCUT2D eigenvalue weighted by Gasteiger charge is 2.24. The Morgan fingerprint density at radius 1 is 1.25 bits per heavy atom. The van der Waals surface area contributed by atoms with Crippen molar-refractivity contribution < 1.29 is 9.09 Å². The molecule has 0 bridgehead atoms. The topological polar surface area (TPSA) is 26.3 Å². The van der Waals surface area contributed by atoms with Crippen LogP contribution in [0.4, 0.5) is 0 Å². The third-order valence-electron chi connectivity index (χ3n) is 2.42. The first kappa shape index (κ1) is 13.5. The minimum atomic E-state index is -2.62. The molecule has 0 aromatic heterocycles. The van der Waals surface area contributed by atoms with E-state index in [1.165, 1.54) is 0 Å². The van der Waals surface area contributed by atoms with Gasteiger partial charge in [0.05, 0.1) is 6.61 Å². The van der Waals surface area contributed by atoms with Crippen LogP contribution >= 0.6 is 7.37 Å². The van der Waals surface area contributed by atoms with Crippen LogP contribution in [0.3, 0.4) is 0 Å². The molecule has 3 heteroatoms. The Kier molecular flexibility index (Phi) is 5.24. The number of benzene rings is 1. The van der Waals surface area contributed by atoms with E-state index in [-0.39, 0.29) is 0 Å². The van der Waals surface area contributed by atoms with Gasteiger partial charge in [0.2, 0.25) is 7.37 Å². The average Bonchev–Trinajstić information content (AvgIpc) is 2.27. The van der Waals surface area contributed by atoms with E-state index in [9.17, 15) is 4.57 Å². The first-order chi connectivity index (χ1) is 7.62. The van der Waals surface area contributed by atoms with Gasteiger partial charge in [-0.05, 0) is 31.9 Å². The van der Waals surface area contributed by atoms with Gasteiger partial charge in [-0.3, -0.25) is 4.57 Å². The molecule has 1 unspecified atom stereocenters. The standard InChI is InChI=1S/C13H21O2P/c1-4-9-15-16(14,10-5-2)13-8-6-7-12(3)11-13/h6-8,11H,4-5,9-10H2,1-3H3. The monoisotopic (exact) mass is 240 g/mol. The molecule has 90 valence electrons. The molecule has 1 aromatic carbocycles. The molecule has 0 heterocycles. The third kappa shape index (κ3) is 3.47. The zero-order valence-electron chi connectivity index (χ0n) is 10.4. The van der Waals surface area contributed by atoms with E-state index in [0.29, 0.717) is 12.8 Å². The molecule has 0 aliphatic carbocycles. The molecule has 0 saturated heterocycles. The molecule has 0 aliphatic rings. The molecule has 16 heavy (non-hydrogen) atoms. The van der Waals surface area contributed by atoms with Crippen molar-refractivity contribution in [3.63, 3.8) is 0 Å². The molecule has 1 atom stereocenters. The minimum Gasteiger partial charge on any atom is -0.325 e. The summed E-state index contributed by atoms with van der Waals surface area (Å²) in [5.74, 6) is 0. The fourth-order valence-corrected chi connectivity index (χ4v) is 3.96. The molecular weight excluding hydrogens is 219 g/mol. The third-order valence-corrected chi connectivity index (χ3v) is 5.12. The summed E-state index contributed by atoms with van der Waals surface area (Å²) >= 11 is 0. The summed E-state index contributed by atoms with van der Waals surface area (Å²) in [6, 6.07) is 7.85. The Bertz CT molecular complexity index is 374. The highest BCUT2D eigenvalue weighted by molar-refractivity contribution is 7.67. The lowest BCUT2D eigenvalue weighted by molar-refractivity contribution is 0.319. The zero-order chi connectivity index (χ0) is 12.0. The second-order valence-electron chi connectivity index (χ2n) is 4.07. The lowest BCUT2D eigenvalue weighted by Gasteiger charge is -2.18. The van der Waals surface area contributed by atoms with Crippen LogP contribution in [0.25, 0.3) is 0 Å². The normalized spacial score (nSPS) is 14.7. The Balaban J connectivity index is 2.96. The van der Waals surface area contributed by atoms with Crippen molar-refractivity contribution in [3.05, 3.63) is 29.8 Å². The quantitative estimate of drug-likeness (QED) is 0.708. The van der Waals surface area contributed by atoms with E-state index in [2.05, 4.69) is 0 Å². The van der Waals surface area contributed by atoms with Crippen molar-refractivity contribution in [1.29, 1.82) is 0 Å². The summed E-state index contributed by atoms with van der Waals surface area (Å²) in [6.07, 6.45) is 2.42. The summed E-state index contributed by atoms with van der Waals surface area (Å²) < 4.78 is 18.3. The maximum absolute atomic E-state index is 12.7. The van der Waals surface area contributed by atoms with Gasteiger partial charge < -0.3 is 4.52 Å². The van der Waals surface area contributed by atoms with Gasteiger partial charge in [-0.1, -0.05) is 31.5 Å². The number of hydrogen-bond donors (Lipinski definition) is 0. The highest BCUT2D eigenvalue weighted by atomic mass is 31.2. The first-order valence-corrected chi connectivity index (χ1v) is 7.74. The number of rotatable bonds is 6. The highest BCUT2D eigenvalue weighted by Crippen LogP contribution is 2.46. The van der Waals surface area contributed by atoms with E-state index >= 15 is 0 Å². The Morgan fingerprint density at radius 3 is 2.56 bits per heavy atom. The SMILES string of the molecule is CCCOP(=O)(CCC)c1cccc(C)c1. The van der Waals surface area contributed by atoms with E-state index in [1.807, 2.05) is 45.0 Å². The predicted molar refractivity (Wildman–Crippen MR) is 69.8 cm³/mol. The second-order valence-corrected chi connectivity index (χ2v) is 6.64. The Morgan fingerprint density at radius 2 is 2.00 bits per heavy atom. The van der Waals surface area contributed by atoms with Gasteiger partial charge in [-0.15, -0.1) is 0 Å². The second kappa shape index (κ2) is 6.22. The summed E-state index contributed by atoms with van der Waals surface area (Å²) in [6.45, 7) is 6.66. The predicted octanol–water partition coefficient (Wildman–Crippen LogP) is 3.74. The van der Waals surface area contributed by atoms with Crippen LogP contribution < -0.4 is 5.30 Å². The van der Waals surface area contributed by atoms with Crippen LogP contribution in [0, 0.1) is 6.92 Å². The van der Waals surface area contributed by atoms with Gasteiger partial charge >= 0.3 is 0 Å². The molecule has 0 amide bonds. The summed E-state index contributed by atoms with van der Waals surface area (Å²) in [4.78, 5) is 0. The van der Waals surface area contributed by atoms with Crippen LogP contribution in [0.15, 0.2) is 24.3 Å². The number of hydrogen-bond acceptors (Lipinski definition) is 2. The van der Waals surface area contributed by atoms with E-state index in [0.717, 1.165) is 23.7 Å². The van der Waals surface area contributed by atoms with Gasteiger partial charge in [-0.25, -0.2) is 0 Å². The van der Waals surface area contributed by atoms with Crippen LogP contribution in [-0.2, 0) is 9.09 Å². The Hall–Kier alpha value is -0.590. The van der Waals surface area contributed by atoms with Crippen molar-refractivity contribution in [2.75, 3.05) is 12.8 Å². The smallest absolute Gasteiger partial charge is 0.232 e. The van der Waals surface area contributed by atoms with Crippen molar-refractivity contribution in [3.8, 4) is 0 Å². The van der Waals surface area contributed by atoms with Gasteiger partial charge in [0.15, 0.2) is 0 Å². The van der Waals surface area contributed by atoms with Crippen molar-refractivity contribution in [1.82, 2.24) is 0 Å². The van der Waals surface area contributed by atoms with Crippen LogP contribution in [0.2, 0.25) is 0 Å². The van der Waals surface area contributed by atoms with Crippen LogP contribution in [-0.4, -0.2) is 12.8 Å². The molecule has 0 saturated carbocycles. The van der Waals surface area contributed by atoms with Gasteiger partial charge in [0.1, 0.15) is 0 Å². The number of aryl methyl sites for hydroxylation is 1. The molecule has 1 rings (SSSR count). The van der Waals surface area contributed by atoms with E-state index in [1.54, 1.807) is 0 Å². The fourth-order valence-electron chi connectivity index (χ4n) is 1.64.